The average Bonchev–Trinajstić information content (AvgIpc) is 2.61. The van der Waals surface area contributed by atoms with Crippen molar-refractivity contribution < 1.29 is 29.0 Å². The molecule has 28 heavy (non-hydrogen) atoms. The van der Waals surface area contributed by atoms with E-state index in [-0.39, 0.29) is 30.4 Å². The van der Waals surface area contributed by atoms with Gasteiger partial charge in [-0.2, -0.15) is 0 Å². The molecule has 2 aromatic rings. The lowest BCUT2D eigenvalue weighted by molar-refractivity contribution is -0.149. The summed E-state index contributed by atoms with van der Waals surface area (Å²) < 4.78 is 14.4. The van der Waals surface area contributed by atoms with E-state index in [4.69, 9.17) is 10.2 Å². The van der Waals surface area contributed by atoms with Gasteiger partial charge in [-0.05, 0) is 29.5 Å². The monoisotopic (exact) mass is 386 g/mol. The van der Waals surface area contributed by atoms with Crippen molar-refractivity contribution in [2.45, 2.75) is 32.6 Å². The Morgan fingerprint density at radius 2 is 1.64 bits per heavy atom. The smallest absolute Gasteiger partial charge is 0.307 e. The number of halogens is 1. The van der Waals surface area contributed by atoms with E-state index in [0.29, 0.717) is 12.0 Å². The summed E-state index contributed by atoms with van der Waals surface area (Å²) in [4.78, 5) is 33.9. The van der Waals surface area contributed by atoms with Crippen LogP contribution in [0.1, 0.15) is 31.7 Å². The minimum absolute atomic E-state index is 0.117. The lowest BCUT2D eigenvalue weighted by atomic mass is 9.90. The Morgan fingerprint density at radius 3 is 2.21 bits per heavy atom. The molecule has 0 aliphatic carbocycles. The van der Waals surface area contributed by atoms with Gasteiger partial charge in [0.1, 0.15) is 11.6 Å². The van der Waals surface area contributed by atoms with Crippen molar-refractivity contribution in [1.82, 2.24) is 0 Å². The Bertz CT molecular complexity index is 847. The lowest BCUT2D eigenvalue weighted by Crippen LogP contribution is -2.22. The Kier molecular flexibility index (Phi) is 7.44. The molecule has 2 atom stereocenters. The predicted octanol–water partition coefficient (Wildman–Crippen LogP) is 4.20. The van der Waals surface area contributed by atoms with Gasteiger partial charge in [0, 0.05) is 18.4 Å². The molecule has 0 unspecified atom stereocenters. The van der Waals surface area contributed by atoms with Crippen LogP contribution in [-0.2, 0) is 20.8 Å². The Labute approximate surface area is 162 Å². The van der Waals surface area contributed by atoms with Crippen molar-refractivity contribution in [3.05, 3.63) is 59.9 Å². The maximum Gasteiger partial charge on any atom is 0.307 e. The van der Waals surface area contributed by atoms with Crippen LogP contribution in [0.2, 0.25) is 0 Å². The Hall–Kier alpha value is -3.02. The zero-order chi connectivity index (χ0) is 20.7. The van der Waals surface area contributed by atoms with Crippen molar-refractivity contribution in [2.75, 3.05) is 0 Å². The minimum Gasteiger partial charge on any atom is -0.481 e. The summed E-state index contributed by atoms with van der Waals surface area (Å²) >= 11 is 0. The molecule has 0 amide bonds. The summed E-state index contributed by atoms with van der Waals surface area (Å²) in [6.45, 7) is 1.83. The van der Waals surface area contributed by atoms with E-state index in [1.165, 1.54) is 6.07 Å². The van der Waals surface area contributed by atoms with E-state index in [2.05, 4.69) is 0 Å². The van der Waals surface area contributed by atoms with Crippen molar-refractivity contribution in [2.24, 2.45) is 11.8 Å². The van der Waals surface area contributed by atoms with Crippen LogP contribution in [0.4, 0.5) is 4.39 Å². The van der Waals surface area contributed by atoms with Crippen LogP contribution < -0.4 is 0 Å². The van der Waals surface area contributed by atoms with E-state index >= 15 is 0 Å². The lowest BCUT2D eigenvalue weighted by Gasteiger charge is -2.14. The zero-order valence-corrected chi connectivity index (χ0v) is 15.6. The van der Waals surface area contributed by atoms with Gasteiger partial charge in [0.05, 0.1) is 12.3 Å². The molecule has 0 spiro atoms. The van der Waals surface area contributed by atoms with E-state index in [9.17, 15) is 18.8 Å². The molecule has 6 heteroatoms. The predicted molar refractivity (Wildman–Crippen MR) is 102 cm³/mol. The van der Waals surface area contributed by atoms with Gasteiger partial charge in [-0.25, -0.2) is 4.39 Å². The first kappa shape index (κ1) is 21.3. The van der Waals surface area contributed by atoms with E-state index < -0.39 is 24.3 Å². The molecular weight excluding hydrogens is 363 g/mol. The van der Waals surface area contributed by atoms with Gasteiger partial charge in [0.2, 0.25) is 0 Å². The molecule has 0 saturated carbocycles. The summed E-state index contributed by atoms with van der Waals surface area (Å²) in [6.07, 6.45) is -0.311. The molecule has 0 fully saturated rings. The molecule has 0 bridgehead atoms. The molecule has 148 valence electrons. The third-order valence-electron chi connectivity index (χ3n) is 4.52. The van der Waals surface area contributed by atoms with Gasteiger partial charge in [-0.15, -0.1) is 0 Å². The number of hydrogen-bond acceptors (Lipinski definition) is 3. The number of ketones is 1. The van der Waals surface area contributed by atoms with Crippen LogP contribution in [-0.4, -0.2) is 27.9 Å². The van der Waals surface area contributed by atoms with Gasteiger partial charge < -0.3 is 10.2 Å². The molecular formula is C22H23FO5. The summed E-state index contributed by atoms with van der Waals surface area (Å²) in [7, 11) is 0. The normalized spacial score (nSPS) is 12.9. The first-order chi connectivity index (χ1) is 13.3. The number of aliphatic carboxylic acids is 2. The number of carboxylic acids is 2. The molecule has 0 aromatic heterocycles. The fourth-order valence-corrected chi connectivity index (χ4v) is 3.22. The van der Waals surface area contributed by atoms with Crippen molar-refractivity contribution in [3.8, 4) is 11.1 Å². The molecule has 0 radical (unpaired) electrons. The van der Waals surface area contributed by atoms with Crippen LogP contribution in [0.3, 0.4) is 0 Å². The minimum atomic E-state index is -1.29. The molecule has 0 saturated heterocycles. The van der Waals surface area contributed by atoms with E-state index in [1.54, 1.807) is 6.07 Å². The number of carbonyl (C=O) groups is 3. The maximum absolute atomic E-state index is 14.4. The van der Waals surface area contributed by atoms with Crippen LogP contribution in [0.15, 0.2) is 48.5 Å². The second-order valence-electron chi connectivity index (χ2n) is 7.07. The second-order valence-corrected chi connectivity index (χ2v) is 7.07. The highest BCUT2D eigenvalue weighted by Gasteiger charge is 2.24. The zero-order valence-electron chi connectivity index (χ0n) is 15.6. The number of rotatable bonds is 10. The first-order valence-corrected chi connectivity index (χ1v) is 9.06. The Morgan fingerprint density at radius 1 is 0.964 bits per heavy atom. The van der Waals surface area contributed by atoms with Crippen LogP contribution in [0.25, 0.3) is 11.1 Å². The van der Waals surface area contributed by atoms with E-state index in [0.717, 1.165) is 11.1 Å². The average molecular weight is 386 g/mol. The molecule has 2 rings (SSSR count). The quantitative estimate of drug-likeness (QED) is 0.639. The van der Waals surface area contributed by atoms with Crippen LogP contribution in [0.5, 0.6) is 0 Å². The fourth-order valence-electron chi connectivity index (χ4n) is 3.22. The van der Waals surface area contributed by atoms with Crippen LogP contribution in [0, 0.1) is 17.7 Å². The van der Waals surface area contributed by atoms with Crippen molar-refractivity contribution in [1.29, 1.82) is 0 Å². The third-order valence-corrected chi connectivity index (χ3v) is 4.52. The van der Waals surface area contributed by atoms with Gasteiger partial charge in [0.15, 0.2) is 0 Å². The topological polar surface area (TPSA) is 91.7 Å². The summed E-state index contributed by atoms with van der Waals surface area (Å²) in [6, 6.07) is 14.2. The molecule has 2 N–H and O–H groups in total. The van der Waals surface area contributed by atoms with Gasteiger partial charge in [-0.3, -0.25) is 14.4 Å². The molecule has 0 aliphatic heterocycles. The number of benzene rings is 2. The second kappa shape index (κ2) is 9.78. The number of carbonyl (C=O) groups excluding carboxylic acids is 1. The summed E-state index contributed by atoms with van der Waals surface area (Å²) in [5, 5.41) is 17.8. The molecule has 5 nitrogen and oxygen atoms in total. The van der Waals surface area contributed by atoms with Gasteiger partial charge >= 0.3 is 11.9 Å². The van der Waals surface area contributed by atoms with Crippen molar-refractivity contribution >= 4 is 17.7 Å². The molecule has 0 aliphatic rings. The molecule has 0 heterocycles. The third kappa shape index (κ3) is 6.30. The maximum atomic E-state index is 14.4. The highest BCUT2D eigenvalue weighted by molar-refractivity contribution is 5.86. The molecule has 2 aromatic carbocycles. The fraction of sp³-hybridized carbons (Fsp3) is 0.318. The van der Waals surface area contributed by atoms with Crippen molar-refractivity contribution in [3.63, 3.8) is 0 Å². The Balaban J connectivity index is 1.96. The van der Waals surface area contributed by atoms with Gasteiger partial charge in [-0.1, -0.05) is 49.4 Å². The standard InChI is InChI=1S/C22H23FO5/c1-14(10-18(24)12-17(22(27)28)13-21(25)26)9-15-7-8-19(20(23)11-15)16-5-3-2-4-6-16/h2-8,11,14,17H,9-10,12-13H2,1H3,(H,25,26)(H,27,28)/t14-,17-/m0/s1. The van der Waals surface area contributed by atoms with Crippen LogP contribution >= 0.6 is 0 Å². The SMILES string of the molecule is C[C@H](CC(=O)C[C@@H](CC(=O)O)C(=O)O)Cc1ccc(-c2ccccc2)c(F)c1. The summed E-state index contributed by atoms with van der Waals surface area (Å²) in [5.41, 5.74) is 2.04. The largest absolute Gasteiger partial charge is 0.481 e. The number of Topliss-reactive ketones (excluding diaryl/α,β-unsaturated/α-hetero) is 1. The van der Waals surface area contributed by atoms with E-state index in [1.807, 2.05) is 43.3 Å². The highest BCUT2D eigenvalue weighted by Crippen LogP contribution is 2.25. The first-order valence-electron chi connectivity index (χ1n) is 9.06. The highest BCUT2D eigenvalue weighted by atomic mass is 19.1. The summed E-state index contributed by atoms with van der Waals surface area (Å²) in [5.74, 6) is -4.52. The van der Waals surface area contributed by atoms with Gasteiger partial charge in [0.25, 0.3) is 0 Å². The number of carboxylic acid groups (broad SMARTS) is 2. The number of hydrogen-bond donors (Lipinski definition) is 2.